The normalized spacial score (nSPS) is 15.0. The number of halogens is 15. The third-order valence-electron chi connectivity index (χ3n) is 24.9. The number of hydrogen-bond acceptors (Lipinski definition) is 13. The van der Waals surface area contributed by atoms with E-state index in [0.717, 1.165) is 132 Å². The Morgan fingerprint density at radius 2 is 0.511 bits per heavy atom. The molecule has 9 aromatic carbocycles. The van der Waals surface area contributed by atoms with E-state index in [9.17, 15) is 140 Å². The molecule has 3 aliphatic rings. The molecule has 22 nitrogen and oxygen atoms in total. The average Bonchev–Trinajstić information content (AvgIpc) is 0.809. The molecule has 3 atom stereocenters. The number of amides is 3. The summed E-state index contributed by atoms with van der Waals surface area (Å²) in [7, 11) is -14.0. The number of aromatic hydroxyl groups is 1. The standard InChI is InChI=1S/C33H35F5N2O5S.C32H33F5N2O6S.C32H33F5N2O5S/c1-19(2)30(39(3)46(44,45)31-28(37)26(35)25(34)27(36)29(31)38)32(41)40(24-16-14-23(15-17-24)33(42)43)18-20-10-12-22(13-11-20)21-8-6-4-5-7-9-21;1-17(2)29(38(3)46(44,45)30-27(36)25(34)24(33)26(35)28(30)37)31(41)39(21-13-14-22(32(42)43)23(40)15-21)16-18-9-11-20(12-10-18)19-7-5-4-6-8-19;1-18(2)29(38(3)45(43,44)30-27(36)25(34)24(33)26(35)28(30)37)31(40)39(23-15-13-22(14-16-23)32(41)42)17-19-9-11-21(12-10-19)20-7-5-4-6-8-20/h10-17,19,21,30H,4-9,18H2,1-3H3,(H,42,43);9-15,17,19,29,40H,4-8,16H2,1-3H3,(H,42,43);9-16,18,20,29H,4-8,17H2,1-3H3,(H,41,42). The van der Waals surface area contributed by atoms with E-state index >= 15 is 0 Å². The maximum absolute atomic E-state index is 14.7. The van der Waals surface area contributed by atoms with Crippen LogP contribution in [0.5, 0.6) is 5.75 Å². The zero-order valence-electron chi connectivity index (χ0n) is 75.7. The van der Waals surface area contributed by atoms with Gasteiger partial charge in [-0.2, -0.15) is 12.9 Å². The second kappa shape index (κ2) is 45.3. The van der Waals surface area contributed by atoms with Crippen molar-refractivity contribution in [1.29, 1.82) is 0 Å². The molecule has 137 heavy (non-hydrogen) atoms. The highest BCUT2D eigenvalue weighted by molar-refractivity contribution is 7.89. The van der Waals surface area contributed by atoms with Crippen molar-refractivity contribution in [2.75, 3.05) is 35.8 Å². The molecule has 3 aliphatic carbocycles. The summed E-state index contributed by atoms with van der Waals surface area (Å²) in [5.41, 5.74) is 5.00. The fourth-order valence-corrected chi connectivity index (χ4v) is 22.1. The number of carbonyl (C=O) groups is 6. The Hall–Kier alpha value is -11.7. The summed E-state index contributed by atoms with van der Waals surface area (Å²) >= 11 is 0. The van der Waals surface area contributed by atoms with Gasteiger partial charge in [-0.15, -0.1) is 0 Å². The first-order valence-corrected chi connectivity index (χ1v) is 48.1. The highest BCUT2D eigenvalue weighted by atomic mass is 32.2. The maximum Gasteiger partial charge on any atom is 0.339 e. The van der Waals surface area contributed by atoms with E-state index in [1.54, 1.807) is 12.1 Å². The van der Waals surface area contributed by atoms with E-state index < -0.39 is 215 Å². The summed E-state index contributed by atoms with van der Waals surface area (Å²) < 4.78 is 294. The molecule has 3 amide bonds. The number of rotatable bonds is 30. The van der Waals surface area contributed by atoms with E-state index in [2.05, 4.69) is 0 Å². The number of carboxylic acid groups (broad SMARTS) is 3. The average molecular weight is 1990 g/mol. The molecule has 3 fully saturated rings. The lowest BCUT2D eigenvalue weighted by molar-refractivity contribution is -0.124. The number of aromatic carboxylic acids is 3. The van der Waals surface area contributed by atoms with Gasteiger partial charge >= 0.3 is 17.9 Å². The lowest BCUT2D eigenvalue weighted by Gasteiger charge is -2.34. The number of sulfonamides is 3. The Kier molecular flexibility index (Phi) is 35.5. The second-order valence-electron chi connectivity index (χ2n) is 34.9. The number of hydrogen-bond donors (Lipinski definition) is 4. The number of carboxylic acids is 3. The highest BCUT2D eigenvalue weighted by Crippen LogP contribution is 2.41. The molecule has 738 valence electrons. The zero-order valence-corrected chi connectivity index (χ0v) is 78.1. The number of anilines is 3. The van der Waals surface area contributed by atoms with Gasteiger partial charge in [0.05, 0.1) is 30.8 Å². The SMILES string of the molecule is CC(C)C(C(=O)N(Cc1ccc(C2CCCCC2)cc1)c1ccc(C(=O)O)c(O)c1)N(C)S(=O)(=O)c1c(F)c(F)c(F)c(F)c1F.CC(C)C(C(=O)N(Cc1ccc(C2CCCCC2)cc1)c1ccc(C(=O)O)cc1)N(C)S(=O)(=O)c1c(F)c(F)c(F)c(F)c1F.CC(C)C(C(=O)N(Cc1ccc(C2CCCCCC2)cc1)c1ccc(C(=O)O)cc1)N(C)S(=O)(=O)c1c(F)c(F)c(F)c(F)c1F. The Bertz CT molecular complexity index is 6230. The monoisotopic (exact) mass is 1990 g/mol. The van der Waals surface area contributed by atoms with Crippen LogP contribution in [0.15, 0.2) is 154 Å². The van der Waals surface area contributed by atoms with Gasteiger partial charge in [-0.1, -0.05) is 179 Å². The fraction of sp³-hybridized carbons (Fsp3) is 0.381. The van der Waals surface area contributed by atoms with Crippen LogP contribution in [0.25, 0.3) is 0 Å². The van der Waals surface area contributed by atoms with Crippen LogP contribution in [-0.2, 0) is 64.1 Å². The van der Waals surface area contributed by atoms with E-state index in [4.69, 9.17) is 0 Å². The molecule has 9 aromatic rings. The minimum atomic E-state index is -5.52. The molecule has 0 aromatic heterocycles. The second-order valence-corrected chi connectivity index (χ2v) is 40.7. The maximum atomic E-state index is 14.7. The predicted molar refractivity (Wildman–Crippen MR) is 476 cm³/mol. The van der Waals surface area contributed by atoms with E-state index in [1.807, 2.05) is 60.7 Å². The fourth-order valence-electron chi connectivity index (χ4n) is 17.4. The van der Waals surface area contributed by atoms with Crippen LogP contribution in [0.1, 0.15) is 226 Å². The van der Waals surface area contributed by atoms with Crippen molar-refractivity contribution >= 4 is 82.8 Å². The largest absolute Gasteiger partial charge is 0.507 e. The lowest BCUT2D eigenvalue weighted by Crippen LogP contribution is -2.52. The topological polar surface area (TPSA) is 305 Å². The molecule has 3 saturated carbocycles. The number of nitrogens with zero attached hydrogens (tertiary/aromatic N) is 6. The van der Waals surface area contributed by atoms with Gasteiger partial charge in [0.2, 0.25) is 65.2 Å². The third-order valence-corrected chi connectivity index (χ3v) is 30.4. The van der Waals surface area contributed by atoms with Crippen LogP contribution in [0.2, 0.25) is 0 Å². The van der Waals surface area contributed by atoms with Crippen molar-refractivity contribution in [2.24, 2.45) is 17.8 Å². The van der Waals surface area contributed by atoms with Crippen LogP contribution in [0.3, 0.4) is 0 Å². The molecule has 0 heterocycles. The molecule has 0 radical (unpaired) electrons. The summed E-state index contributed by atoms with van der Waals surface area (Å²) in [4.78, 5) is 74.3. The number of benzene rings is 9. The Labute approximate surface area is 782 Å². The van der Waals surface area contributed by atoms with Crippen LogP contribution >= 0.6 is 0 Å². The number of likely N-dealkylation sites (N-methyl/N-ethyl adjacent to an activating group) is 3. The Balaban J connectivity index is 0.000000212. The molecule has 4 N–H and O–H groups in total. The Morgan fingerprint density at radius 3 is 0.723 bits per heavy atom. The molecule has 0 saturated heterocycles. The molecular weight excluding hydrogens is 1890 g/mol. The van der Waals surface area contributed by atoms with Gasteiger partial charge in [-0.05, 0) is 168 Å². The predicted octanol–water partition coefficient (Wildman–Crippen LogP) is 21.1. The summed E-state index contributed by atoms with van der Waals surface area (Å²) in [6.45, 7) is 8.24. The van der Waals surface area contributed by atoms with Crippen molar-refractivity contribution in [1.82, 2.24) is 12.9 Å². The first-order valence-electron chi connectivity index (χ1n) is 43.8. The van der Waals surface area contributed by atoms with E-state index in [1.165, 1.54) is 132 Å². The minimum Gasteiger partial charge on any atom is -0.507 e. The molecule has 0 spiro atoms. The summed E-state index contributed by atoms with van der Waals surface area (Å²) in [6.07, 6.45) is 17.9. The van der Waals surface area contributed by atoms with Crippen LogP contribution in [-0.4, -0.2) is 133 Å². The van der Waals surface area contributed by atoms with Crippen molar-refractivity contribution in [2.45, 2.75) is 214 Å². The Morgan fingerprint density at radius 1 is 0.299 bits per heavy atom. The van der Waals surface area contributed by atoms with Gasteiger partial charge < -0.3 is 35.1 Å². The molecular formula is C97H101F15N6O16S3. The van der Waals surface area contributed by atoms with E-state index in [-0.39, 0.29) is 52.1 Å². The van der Waals surface area contributed by atoms with E-state index in [0.29, 0.717) is 43.1 Å². The summed E-state index contributed by atoms with van der Waals surface area (Å²) in [5.74, 6) is -46.4. The molecule has 12 rings (SSSR count). The van der Waals surface area contributed by atoms with Crippen molar-refractivity contribution in [3.63, 3.8) is 0 Å². The number of phenols is 1. The minimum absolute atomic E-state index is 0.0449. The molecule has 3 unspecified atom stereocenters. The molecule has 40 heteroatoms. The smallest absolute Gasteiger partial charge is 0.339 e. The van der Waals surface area contributed by atoms with Gasteiger partial charge in [0, 0.05) is 44.3 Å². The zero-order chi connectivity index (χ0) is 101. The summed E-state index contributed by atoms with van der Waals surface area (Å²) in [5, 5.41) is 38.4. The van der Waals surface area contributed by atoms with Gasteiger partial charge in [-0.3, -0.25) is 14.4 Å². The van der Waals surface area contributed by atoms with Gasteiger partial charge in [0.25, 0.3) is 0 Å². The number of carbonyl (C=O) groups excluding carboxylic acids is 3. The van der Waals surface area contributed by atoms with Crippen LogP contribution < -0.4 is 14.7 Å². The van der Waals surface area contributed by atoms with Crippen molar-refractivity contribution in [3.05, 3.63) is 277 Å². The van der Waals surface area contributed by atoms with Crippen molar-refractivity contribution < 1.29 is 140 Å². The van der Waals surface area contributed by atoms with Gasteiger partial charge in [-0.25, -0.2) is 105 Å². The highest BCUT2D eigenvalue weighted by Gasteiger charge is 2.48. The van der Waals surface area contributed by atoms with Gasteiger partial charge in [0.1, 0.15) is 29.4 Å². The van der Waals surface area contributed by atoms with Crippen LogP contribution in [0.4, 0.5) is 82.9 Å². The van der Waals surface area contributed by atoms with Gasteiger partial charge in [0.15, 0.2) is 84.5 Å². The first-order chi connectivity index (χ1) is 64.4. The van der Waals surface area contributed by atoms with Crippen molar-refractivity contribution in [3.8, 4) is 5.75 Å². The van der Waals surface area contributed by atoms with Crippen LogP contribution in [0, 0.1) is 105 Å². The third kappa shape index (κ3) is 23.7. The first kappa shape index (κ1) is 107. The summed E-state index contributed by atoms with van der Waals surface area (Å²) in [6, 6.07) is 31.2. The molecule has 0 aliphatic heterocycles. The molecule has 0 bridgehead atoms. The quantitative estimate of drug-likeness (QED) is 0.0141. The lowest BCUT2D eigenvalue weighted by atomic mass is 9.84.